The number of ether oxygens (including phenoxy) is 1. The summed E-state index contributed by atoms with van der Waals surface area (Å²) in [4.78, 5) is 10.6. The Kier molecular flexibility index (Phi) is 3.46. The molecule has 1 rings (SSSR count). The molecule has 1 aromatic rings. The fourth-order valence-corrected chi connectivity index (χ4v) is 1.54. The first-order chi connectivity index (χ1) is 6.65. The van der Waals surface area contributed by atoms with E-state index in [0.29, 0.717) is 6.29 Å². The minimum Gasteiger partial charge on any atom is -0.491 e. The Balaban J connectivity index is 3.46. The molecule has 0 fully saturated rings. The van der Waals surface area contributed by atoms with Crippen molar-refractivity contribution in [3.63, 3.8) is 0 Å². The Morgan fingerprint density at radius 2 is 2.07 bits per heavy atom. The molecule has 0 atom stereocenters. The van der Waals surface area contributed by atoms with E-state index in [-0.39, 0.29) is 10.5 Å². The summed E-state index contributed by atoms with van der Waals surface area (Å²) >= 11 is 1.08. The molecule has 0 bridgehead atoms. The normalized spacial score (nSPS) is 10.0. The van der Waals surface area contributed by atoms with E-state index >= 15 is 0 Å². The number of carbonyl (C=O) groups excluding carboxylic acids is 1. The molecule has 0 saturated heterocycles. The van der Waals surface area contributed by atoms with Gasteiger partial charge in [0, 0.05) is 4.90 Å². The molecule has 0 aliphatic heterocycles. The van der Waals surface area contributed by atoms with Gasteiger partial charge in [-0.15, -0.1) is 11.8 Å². The van der Waals surface area contributed by atoms with Crippen molar-refractivity contribution in [1.82, 2.24) is 0 Å². The molecule has 0 aliphatic rings. The van der Waals surface area contributed by atoms with Crippen LogP contribution in [0.3, 0.4) is 0 Å². The number of benzene rings is 1. The molecule has 14 heavy (non-hydrogen) atoms. The van der Waals surface area contributed by atoms with E-state index in [0.717, 1.165) is 24.9 Å². The van der Waals surface area contributed by atoms with Crippen LogP contribution >= 0.6 is 11.8 Å². The van der Waals surface area contributed by atoms with Crippen LogP contribution in [0.1, 0.15) is 10.4 Å². The van der Waals surface area contributed by atoms with Crippen LogP contribution in [0.4, 0.5) is 8.78 Å². The van der Waals surface area contributed by atoms with Crippen LogP contribution in [-0.2, 0) is 0 Å². The minimum absolute atomic E-state index is 0.186. The third kappa shape index (κ3) is 1.72. The predicted molar refractivity (Wildman–Crippen MR) is 50.1 cm³/mol. The Bertz CT molecular complexity index is 366. The van der Waals surface area contributed by atoms with Crippen molar-refractivity contribution >= 4 is 18.0 Å². The second-order valence-corrected chi connectivity index (χ2v) is 3.30. The van der Waals surface area contributed by atoms with Crippen molar-refractivity contribution in [3.8, 4) is 5.75 Å². The lowest BCUT2D eigenvalue weighted by Crippen LogP contribution is -1.99. The zero-order chi connectivity index (χ0) is 10.7. The second-order valence-electron chi connectivity index (χ2n) is 2.45. The van der Waals surface area contributed by atoms with Gasteiger partial charge in [-0.05, 0) is 12.3 Å². The largest absolute Gasteiger partial charge is 0.491 e. The average molecular weight is 218 g/mol. The highest BCUT2D eigenvalue weighted by molar-refractivity contribution is 7.98. The minimum atomic E-state index is -0.960. The van der Waals surface area contributed by atoms with Gasteiger partial charge < -0.3 is 4.74 Å². The summed E-state index contributed by atoms with van der Waals surface area (Å²) in [5.74, 6) is -2.25. The van der Waals surface area contributed by atoms with Crippen molar-refractivity contribution in [1.29, 1.82) is 0 Å². The van der Waals surface area contributed by atoms with Gasteiger partial charge in [0.1, 0.15) is 0 Å². The molecule has 2 nitrogen and oxygen atoms in total. The highest BCUT2D eigenvalue weighted by Crippen LogP contribution is 2.31. The molecule has 0 N–H and O–H groups in total. The van der Waals surface area contributed by atoms with Crippen LogP contribution in [0, 0.1) is 11.6 Å². The van der Waals surface area contributed by atoms with E-state index in [1.54, 1.807) is 6.26 Å². The first-order valence-electron chi connectivity index (χ1n) is 3.70. The summed E-state index contributed by atoms with van der Waals surface area (Å²) in [5.41, 5.74) is -0.201. The molecule has 0 radical (unpaired) electrons. The molecule has 0 heterocycles. The van der Waals surface area contributed by atoms with E-state index in [1.807, 2.05) is 0 Å². The van der Waals surface area contributed by atoms with Crippen LogP contribution < -0.4 is 4.74 Å². The molecule has 0 amide bonds. The Labute approximate surface area is 84.3 Å². The smallest absolute Gasteiger partial charge is 0.192 e. The van der Waals surface area contributed by atoms with Gasteiger partial charge in [0.2, 0.25) is 0 Å². The van der Waals surface area contributed by atoms with E-state index < -0.39 is 17.4 Å². The molecule has 5 heteroatoms. The van der Waals surface area contributed by atoms with Crippen molar-refractivity contribution in [2.75, 3.05) is 13.4 Å². The quantitative estimate of drug-likeness (QED) is 0.576. The van der Waals surface area contributed by atoms with E-state index in [9.17, 15) is 13.6 Å². The number of hydrogen-bond acceptors (Lipinski definition) is 3. The van der Waals surface area contributed by atoms with Gasteiger partial charge in [-0.1, -0.05) is 0 Å². The molecular formula is C9H8F2O2S. The van der Waals surface area contributed by atoms with Gasteiger partial charge in [-0.2, -0.15) is 0 Å². The number of carbonyl (C=O) groups is 1. The van der Waals surface area contributed by atoms with Crippen molar-refractivity contribution in [3.05, 3.63) is 23.3 Å². The predicted octanol–water partition coefficient (Wildman–Crippen LogP) is 2.51. The third-order valence-corrected chi connectivity index (χ3v) is 2.44. The molecule has 76 valence electrons. The monoisotopic (exact) mass is 218 g/mol. The average Bonchev–Trinajstić information content (AvgIpc) is 2.19. The lowest BCUT2D eigenvalue weighted by Gasteiger charge is -2.08. The van der Waals surface area contributed by atoms with Crippen LogP contribution in [0.2, 0.25) is 0 Å². The molecule has 0 aromatic heterocycles. The number of hydrogen-bond donors (Lipinski definition) is 0. The molecule has 0 aliphatic carbocycles. The summed E-state index contributed by atoms with van der Waals surface area (Å²) in [6.07, 6.45) is 1.96. The van der Waals surface area contributed by atoms with Crippen LogP contribution in [0.15, 0.2) is 11.0 Å². The molecule has 0 unspecified atom stereocenters. The Morgan fingerprint density at radius 1 is 1.43 bits per heavy atom. The SMILES string of the molecule is COc1c(F)c(C=O)cc(SC)c1F. The maximum absolute atomic E-state index is 13.3. The van der Waals surface area contributed by atoms with E-state index in [2.05, 4.69) is 4.74 Å². The van der Waals surface area contributed by atoms with Crippen LogP contribution in [-0.4, -0.2) is 19.7 Å². The summed E-state index contributed by atoms with van der Waals surface area (Å²) in [6, 6.07) is 1.16. The van der Waals surface area contributed by atoms with Gasteiger partial charge in [-0.3, -0.25) is 4.79 Å². The first-order valence-corrected chi connectivity index (χ1v) is 4.93. The fraction of sp³-hybridized carbons (Fsp3) is 0.222. The fourth-order valence-electron chi connectivity index (χ4n) is 1.02. The standard InChI is InChI=1S/C9H8F2O2S/c1-13-9-7(10)5(4-12)3-6(14-2)8(9)11/h3-4H,1-2H3. The highest BCUT2D eigenvalue weighted by atomic mass is 32.2. The van der Waals surface area contributed by atoms with Gasteiger partial charge in [0.05, 0.1) is 12.7 Å². The molecule has 0 spiro atoms. The summed E-state index contributed by atoms with van der Waals surface area (Å²) in [6.45, 7) is 0. The van der Waals surface area contributed by atoms with Crippen LogP contribution in [0.5, 0.6) is 5.75 Å². The molecular weight excluding hydrogens is 210 g/mol. The number of methoxy groups -OCH3 is 1. The highest BCUT2D eigenvalue weighted by Gasteiger charge is 2.18. The topological polar surface area (TPSA) is 26.3 Å². The number of halogens is 2. The van der Waals surface area contributed by atoms with Gasteiger partial charge in [-0.25, -0.2) is 8.78 Å². The second kappa shape index (κ2) is 4.41. The Hall–Kier alpha value is -1.10. The third-order valence-electron chi connectivity index (χ3n) is 1.71. The zero-order valence-corrected chi connectivity index (χ0v) is 8.45. The molecule has 0 saturated carbocycles. The maximum atomic E-state index is 13.3. The first kappa shape index (κ1) is 11.0. The van der Waals surface area contributed by atoms with Crippen molar-refractivity contribution in [2.45, 2.75) is 4.90 Å². The Morgan fingerprint density at radius 3 is 2.50 bits per heavy atom. The van der Waals surface area contributed by atoms with Crippen LogP contribution in [0.25, 0.3) is 0 Å². The lowest BCUT2D eigenvalue weighted by atomic mass is 10.2. The summed E-state index contributed by atoms with van der Waals surface area (Å²) in [5, 5.41) is 0. The lowest BCUT2D eigenvalue weighted by molar-refractivity contribution is 0.111. The van der Waals surface area contributed by atoms with Gasteiger partial charge in [0.25, 0.3) is 0 Å². The number of aldehydes is 1. The maximum Gasteiger partial charge on any atom is 0.192 e. The van der Waals surface area contributed by atoms with Gasteiger partial charge >= 0.3 is 0 Å². The number of thioether (sulfide) groups is 1. The van der Waals surface area contributed by atoms with Crippen molar-refractivity contribution < 1.29 is 18.3 Å². The van der Waals surface area contributed by atoms with E-state index in [1.165, 1.54) is 0 Å². The summed E-state index contributed by atoms with van der Waals surface area (Å²) in [7, 11) is 1.15. The van der Waals surface area contributed by atoms with Gasteiger partial charge in [0.15, 0.2) is 23.7 Å². The zero-order valence-electron chi connectivity index (χ0n) is 7.64. The summed E-state index contributed by atoms with van der Waals surface area (Å²) < 4.78 is 31.1. The number of rotatable bonds is 3. The van der Waals surface area contributed by atoms with Crippen molar-refractivity contribution in [2.24, 2.45) is 0 Å². The molecule has 1 aromatic carbocycles. The van der Waals surface area contributed by atoms with E-state index in [4.69, 9.17) is 0 Å².